The van der Waals surface area contributed by atoms with Gasteiger partial charge in [-0.2, -0.15) is 0 Å². The lowest BCUT2D eigenvalue weighted by atomic mass is 9.79. The molecule has 4 N–H and O–H groups in total. The second kappa shape index (κ2) is 6.23. The van der Waals surface area contributed by atoms with Crippen LogP contribution in [-0.2, 0) is 11.3 Å². The van der Waals surface area contributed by atoms with Gasteiger partial charge in [-0.25, -0.2) is 0 Å². The molecule has 1 aromatic rings. The van der Waals surface area contributed by atoms with E-state index in [1.165, 1.54) is 11.8 Å². The Balaban J connectivity index is 2.14. The molecule has 96 valence electrons. The normalized spacial score (nSPS) is 13.6. The van der Waals surface area contributed by atoms with Crippen LogP contribution in [-0.4, -0.2) is 28.8 Å². The molecule has 0 bridgehead atoms. The summed E-state index contributed by atoms with van der Waals surface area (Å²) in [6.45, 7) is 0.944. The van der Waals surface area contributed by atoms with E-state index < -0.39 is 7.12 Å². The van der Waals surface area contributed by atoms with Crippen LogP contribution in [0.2, 0.25) is 5.02 Å². The van der Waals surface area contributed by atoms with Gasteiger partial charge in [-0.05, 0) is 23.2 Å². The predicted octanol–water partition coefficient (Wildman–Crippen LogP) is 0.946. The molecule has 0 unspecified atom stereocenters. The van der Waals surface area contributed by atoms with Gasteiger partial charge in [0.25, 0.3) is 0 Å². The van der Waals surface area contributed by atoms with E-state index in [4.69, 9.17) is 34.2 Å². The van der Waals surface area contributed by atoms with Crippen molar-refractivity contribution in [2.75, 3.05) is 17.6 Å². The summed E-state index contributed by atoms with van der Waals surface area (Å²) in [5.41, 5.74) is 7.72. The van der Waals surface area contributed by atoms with Crippen LogP contribution in [0.25, 0.3) is 0 Å². The lowest BCUT2D eigenvalue weighted by Gasteiger charge is -2.10. The molecule has 8 heteroatoms. The minimum Gasteiger partial charge on any atom is -0.423 e. The first-order valence-electron chi connectivity index (χ1n) is 5.37. The number of hydrogen-bond donors (Lipinski definition) is 3. The van der Waals surface area contributed by atoms with Gasteiger partial charge in [0.15, 0.2) is 0 Å². The zero-order chi connectivity index (χ0) is 13.1. The number of thiocarbonyl (C=S) groups is 1. The summed E-state index contributed by atoms with van der Waals surface area (Å²) >= 11 is 12.8. The molecule has 2 rings (SSSR count). The van der Waals surface area contributed by atoms with E-state index in [9.17, 15) is 5.02 Å². The van der Waals surface area contributed by atoms with Crippen LogP contribution in [0.3, 0.4) is 0 Å². The maximum atomic E-state index is 9.62. The Labute approximate surface area is 120 Å². The van der Waals surface area contributed by atoms with Crippen LogP contribution >= 0.6 is 35.6 Å². The third kappa shape index (κ3) is 3.17. The number of hydrogen-bond acceptors (Lipinski definition) is 5. The van der Waals surface area contributed by atoms with Crippen molar-refractivity contribution in [2.24, 2.45) is 5.73 Å². The SMILES string of the molecule is NCCSC(=S)Nc1cc2c(cc1Cl)COB2O. The summed E-state index contributed by atoms with van der Waals surface area (Å²) in [5.74, 6) is 0.750. The number of rotatable bonds is 3. The maximum Gasteiger partial charge on any atom is 0.491 e. The van der Waals surface area contributed by atoms with Gasteiger partial charge in [-0.3, -0.25) is 0 Å². The largest absolute Gasteiger partial charge is 0.491 e. The molecule has 1 heterocycles. The fourth-order valence-corrected chi connectivity index (χ4v) is 2.72. The van der Waals surface area contributed by atoms with Gasteiger partial charge in [0.05, 0.1) is 17.3 Å². The first kappa shape index (κ1) is 14.1. The van der Waals surface area contributed by atoms with Gasteiger partial charge < -0.3 is 20.7 Å². The molecule has 0 atom stereocenters. The van der Waals surface area contributed by atoms with Crippen molar-refractivity contribution in [3.63, 3.8) is 0 Å². The molecular formula is C10H12BClN2O2S2. The summed E-state index contributed by atoms with van der Waals surface area (Å²) in [5, 5.41) is 13.2. The average molecular weight is 303 g/mol. The van der Waals surface area contributed by atoms with E-state index in [0.717, 1.165) is 16.8 Å². The molecule has 0 spiro atoms. The summed E-state index contributed by atoms with van der Waals surface area (Å²) in [6, 6.07) is 3.55. The standard InChI is InChI=1S/C10H12BClN2O2S2/c12-8-3-6-5-16-11(15)7(6)4-9(8)14-10(17)18-2-1-13/h3-4,15H,1-2,5,13H2,(H,14,17). The van der Waals surface area contributed by atoms with E-state index in [1.807, 2.05) is 0 Å². The van der Waals surface area contributed by atoms with E-state index in [2.05, 4.69) is 5.32 Å². The van der Waals surface area contributed by atoms with Crippen LogP contribution in [0.5, 0.6) is 0 Å². The van der Waals surface area contributed by atoms with Crippen LogP contribution in [0.15, 0.2) is 12.1 Å². The number of fused-ring (bicyclic) bond motifs is 1. The lowest BCUT2D eigenvalue weighted by Crippen LogP contribution is -2.28. The molecule has 4 nitrogen and oxygen atoms in total. The van der Waals surface area contributed by atoms with Crippen LogP contribution in [0.4, 0.5) is 5.69 Å². The fourth-order valence-electron chi connectivity index (χ4n) is 1.64. The van der Waals surface area contributed by atoms with Gasteiger partial charge in [0.1, 0.15) is 4.32 Å². The molecule has 1 aromatic carbocycles. The van der Waals surface area contributed by atoms with Crippen LogP contribution in [0, 0.1) is 0 Å². The van der Waals surface area contributed by atoms with Crippen LogP contribution in [0.1, 0.15) is 5.56 Å². The highest BCUT2D eigenvalue weighted by Crippen LogP contribution is 2.26. The van der Waals surface area contributed by atoms with Crippen LogP contribution < -0.4 is 16.5 Å². The highest BCUT2D eigenvalue weighted by atomic mass is 35.5. The summed E-state index contributed by atoms with van der Waals surface area (Å²) < 4.78 is 5.72. The minimum atomic E-state index is -0.886. The summed E-state index contributed by atoms with van der Waals surface area (Å²) in [7, 11) is -0.886. The lowest BCUT2D eigenvalue weighted by molar-refractivity contribution is 0.275. The Hall–Kier alpha value is -0.305. The molecule has 0 fully saturated rings. The smallest absolute Gasteiger partial charge is 0.423 e. The first-order chi connectivity index (χ1) is 8.61. The number of halogens is 1. The zero-order valence-electron chi connectivity index (χ0n) is 9.48. The third-order valence-electron chi connectivity index (χ3n) is 2.48. The molecule has 1 aliphatic rings. The minimum absolute atomic E-state index is 0.378. The number of benzene rings is 1. The van der Waals surface area contributed by atoms with Crippen molar-refractivity contribution in [3.8, 4) is 0 Å². The zero-order valence-corrected chi connectivity index (χ0v) is 11.9. The Morgan fingerprint density at radius 2 is 2.44 bits per heavy atom. The molecule has 0 saturated carbocycles. The number of nitrogens with two attached hydrogens (primary N) is 1. The van der Waals surface area contributed by atoms with E-state index in [-0.39, 0.29) is 0 Å². The topological polar surface area (TPSA) is 67.5 Å². The molecular weight excluding hydrogens is 291 g/mol. The Morgan fingerprint density at radius 3 is 3.17 bits per heavy atom. The van der Waals surface area contributed by atoms with Gasteiger partial charge in [0.2, 0.25) is 0 Å². The predicted molar refractivity (Wildman–Crippen MR) is 81.6 cm³/mol. The number of nitrogens with one attached hydrogen (secondary N) is 1. The molecule has 0 aliphatic carbocycles. The number of thioether (sulfide) groups is 1. The number of anilines is 1. The second-order valence-corrected chi connectivity index (χ2v) is 5.92. The van der Waals surface area contributed by atoms with Gasteiger partial charge in [-0.1, -0.05) is 35.6 Å². The van der Waals surface area contributed by atoms with Crippen molar-refractivity contribution in [1.82, 2.24) is 0 Å². The second-order valence-electron chi connectivity index (χ2n) is 3.74. The highest BCUT2D eigenvalue weighted by Gasteiger charge is 2.28. The van der Waals surface area contributed by atoms with Crippen molar-refractivity contribution >= 4 is 58.2 Å². The highest BCUT2D eigenvalue weighted by molar-refractivity contribution is 8.23. The molecule has 1 aliphatic heterocycles. The fraction of sp³-hybridized carbons (Fsp3) is 0.300. The van der Waals surface area contributed by atoms with Crippen molar-refractivity contribution in [3.05, 3.63) is 22.7 Å². The molecule has 0 radical (unpaired) electrons. The van der Waals surface area contributed by atoms with E-state index in [1.54, 1.807) is 12.1 Å². The Bertz CT molecular complexity index is 475. The maximum absolute atomic E-state index is 9.62. The Morgan fingerprint density at radius 1 is 1.67 bits per heavy atom. The van der Waals surface area contributed by atoms with Crippen molar-refractivity contribution in [1.29, 1.82) is 0 Å². The molecule has 18 heavy (non-hydrogen) atoms. The van der Waals surface area contributed by atoms with Gasteiger partial charge in [0, 0.05) is 12.3 Å². The average Bonchev–Trinajstić information content (AvgIpc) is 2.69. The monoisotopic (exact) mass is 302 g/mol. The summed E-state index contributed by atoms with van der Waals surface area (Å²) in [4.78, 5) is 0. The summed E-state index contributed by atoms with van der Waals surface area (Å²) in [6.07, 6.45) is 0. The molecule has 0 amide bonds. The van der Waals surface area contributed by atoms with Crippen molar-refractivity contribution < 1.29 is 9.68 Å². The van der Waals surface area contributed by atoms with E-state index in [0.29, 0.717) is 28.2 Å². The molecule has 0 aromatic heterocycles. The van der Waals surface area contributed by atoms with Gasteiger partial charge in [-0.15, -0.1) is 0 Å². The third-order valence-corrected chi connectivity index (χ3v) is 4.05. The van der Waals surface area contributed by atoms with Gasteiger partial charge >= 0.3 is 7.12 Å². The molecule has 0 saturated heterocycles. The quantitative estimate of drug-likeness (QED) is 0.570. The Kier molecular flexibility index (Phi) is 4.88. The van der Waals surface area contributed by atoms with Crippen molar-refractivity contribution in [2.45, 2.75) is 6.61 Å². The first-order valence-corrected chi connectivity index (χ1v) is 7.15. The van der Waals surface area contributed by atoms with E-state index >= 15 is 0 Å².